The Morgan fingerprint density at radius 1 is 1.24 bits per heavy atom. The highest BCUT2D eigenvalue weighted by Gasteiger charge is 2.35. The number of carbonyl (C=O) groups is 2. The molecule has 1 N–H and O–H groups in total. The summed E-state index contributed by atoms with van der Waals surface area (Å²) in [6, 6.07) is 7.59. The summed E-state index contributed by atoms with van der Waals surface area (Å²) in [5, 5.41) is 2.79. The van der Waals surface area contributed by atoms with Crippen molar-refractivity contribution >= 4 is 11.9 Å². The maximum Gasteiger partial charge on any atom is 0.336 e. The standard InChI is InChI=1S/C20H25NO4/c1-3-24-17-11-7-6-10-15(17)16-12-18(22)21-13(2)19(16)20(23)25-14-8-4-5-9-14/h6-7,10-11,14,16H,3-5,8-9,12H2,1-2H3,(H,21,22). The number of rotatable bonds is 5. The molecule has 1 fully saturated rings. The van der Waals surface area contributed by atoms with Gasteiger partial charge in [-0.1, -0.05) is 18.2 Å². The van der Waals surface area contributed by atoms with Gasteiger partial charge in [-0.3, -0.25) is 4.79 Å². The molecule has 3 rings (SSSR count). The molecule has 1 heterocycles. The highest BCUT2D eigenvalue weighted by molar-refractivity contribution is 5.96. The number of benzene rings is 1. The molecule has 134 valence electrons. The van der Waals surface area contributed by atoms with E-state index >= 15 is 0 Å². The minimum Gasteiger partial charge on any atom is -0.494 e. The summed E-state index contributed by atoms with van der Waals surface area (Å²) in [5.41, 5.74) is 1.98. The molecule has 2 aliphatic rings. The number of para-hydroxylation sites is 1. The number of amides is 1. The van der Waals surface area contributed by atoms with Crippen LogP contribution in [-0.2, 0) is 14.3 Å². The van der Waals surface area contributed by atoms with Crippen LogP contribution in [0.4, 0.5) is 0 Å². The second-order valence-electron chi connectivity index (χ2n) is 6.63. The summed E-state index contributed by atoms with van der Waals surface area (Å²) in [6.07, 6.45) is 4.26. The third-order valence-corrected chi connectivity index (χ3v) is 4.86. The number of esters is 1. The van der Waals surface area contributed by atoms with Crippen LogP contribution in [0.15, 0.2) is 35.5 Å². The molecule has 25 heavy (non-hydrogen) atoms. The lowest BCUT2D eigenvalue weighted by atomic mass is 9.84. The van der Waals surface area contributed by atoms with Gasteiger partial charge in [0.15, 0.2) is 0 Å². The molecule has 0 radical (unpaired) electrons. The van der Waals surface area contributed by atoms with Gasteiger partial charge >= 0.3 is 5.97 Å². The predicted molar refractivity (Wildman–Crippen MR) is 94.2 cm³/mol. The van der Waals surface area contributed by atoms with E-state index in [9.17, 15) is 9.59 Å². The van der Waals surface area contributed by atoms with Gasteiger partial charge in [0.25, 0.3) is 0 Å². The Labute approximate surface area is 148 Å². The summed E-state index contributed by atoms with van der Waals surface area (Å²) in [4.78, 5) is 25.0. The minimum atomic E-state index is -0.342. The Hall–Kier alpha value is -2.30. The van der Waals surface area contributed by atoms with Crippen LogP contribution in [0.5, 0.6) is 5.75 Å². The molecule has 1 aliphatic carbocycles. The molecule has 1 atom stereocenters. The number of hydrogen-bond acceptors (Lipinski definition) is 4. The zero-order valence-electron chi connectivity index (χ0n) is 14.8. The van der Waals surface area contributed by atoms with E-state index in [0.29, 0.717) is 23.6 Å². The molecule has 1 aromatic rings. The lowest BCUT2D eigenvalue weighted by Gasteiger charge is -2.28. The SMILES string of the molecule is CCOc1ccccc1C1CC(=O)NC(C)=C1C(=O)OC1CCCC1. The van der Waals surface area contributed by atoms with Gasteiger partial charge in [0.2, 0.25) is 5.91 Å². The van der Waals surface area contributed by atoms with Crippen molar-refractivity contribution in [3.05, 3.63) is 41.1 Å². The Balaban J connectivity index is 1.93. The average molecular weight is 343 g/mol. The lowest BCUT2D eigenvalue weighted by molar-refractivity contribution is -0.144. The molecule has 1 aliphatic heterocycles. The highest BCUT2D eigenvalue weighted by atomic mass is 16.5. The van der Waals surface area contributed by atoms with E-state index in [2.05, 4.69) is 5.32 Å². The van der Waals surface area contributed by atoms with Gasteiger partial charge in [0, 0.05) is 23.6 Å². The minimum absolute atomic E-state index is 0.00628. The summed E-state index contributed by atoms with van der Waals surface area (Å²) in [7, 11) is 0. The van der Waals surface area contributed by atoms with Gasteiger partial charge in [-0.25, -0.2) is 4.79 Å². The first-order chi connectivity index (χ1) is 12.1. The van der Waals surface area contributed by atoms with Crippen molar-refractivity contribution in [3.63, 3.8) is 0 Å². The molecule has 5 nitrogen and oxygen atoms in total. The van der Waals surface area contributed by atoms with Crippen molar-refractivity contribution in [1.82, 2.24) is 5.32 Å². The van der Waals surface area contributed by atoms with Crippen molar-refractivity contribution in [2.75, 3.05) is 6.61 Å². The van der Waals surface area contributed by atoms with Crippen molar-refractivity contribution in [2.45, 2.75) is 58.0 Å². The highest BCUT2D eigenvalue weighted by Crippen LogP contribution is 2.38. The molecule has 1 amide bonds. The number of carbonyl (C=O) groups excluding carboxylic acids is 2. The second-order valence-corrected chi connectivity index (χ2v) is 6.63. The van der Waals surface area contributed by atoms with E-state index < -0.39 is 0 Å². The zero-order valence-corrected chi connectivity index (χ0v) is 14.8. The first kappa shape index (κ1) is 17.5. The molecule has 1 unspecified atom stereocenters. The Morgan fingerprint density at radius 2 is 1.96 bits per heavy atom. The van der Waals surface area contributed by atoms with Crippen LogP contribution in [0.25, 0.3) is 0 Å². The van der Waals surface area contributed by atoms with E-state index in [0.717, 1.165) is 31.2 Å². The molecular formula is C20H25NO4. The predicted octanol–water partition coefficient (Wildman–Crippen LogP) is 3.45. The molecule has 1 aromatic carbocycles. The van der Waals surface area contributed by atoms with Crippen LogP contribution in [0.3, 0.4) is 0 Å². The van der Waals surface area contributed by atoms with E-state index in [4.69, 9.17) is 9.47 Å². The van der Waals surface area contributed by atoms with Crippen LogP contribution in [0, 0.1) is 0 Å². The molecule has 0 spiro atoms. The largest absolute Gasteiger partial charge is 0.494 e. The van der Waals surface area contributed by atoms with Crippen LogP contribution >= 0.6 is 0 Å². The Morgan fingerprint density at radius 3 is 2.68 bits per heavy atom. The maximum atomic E-state index is 12.9. The van der Waals surface area contributed by atoms with Gasteiger partial charge in [0.1, 0.15) is 11.9 Å². The van der Waals surface area contributed by atoms with Crippen molar-refractivity contribution in [1.29, 1.82) is 0 Å². The first-order valence-corrected chi connectivity index (χ1v) is 9.03. The summed E-state index contributed by atoms with van der Waals surface area (Å²) in [6.45, 7) is 4.21. The fourth-order valence-electron chi connectivity index (χ4n) is 3.71. The Kier molecular flexibility index (Phi) is 5.41. The number of hydrogen-bond donors (Lipinski definition) is 1. The van der Waals surface area contributed by atoms with Gasteiger partial charge in [-0.05, 0) is 45.6 Å². The molecule has 0 saturated heterocycles. The van der Waals surface area contributed by atoms with Crippen LogP contribution < -0.4 is 10.1 Å². The summed E-state index contributed by atoms with van der Waals surface area (Å²) in [5.74, 6) is -0.0408. The van der Waals surface area contributed by atoms with Gasteiger partial charge in [-0.2, -0.15) is 0 Å². The second kappa shape index (κ2) is 7.72. The number of allylic oxidation sites excluding steroid dienone is 1. The van der Waals surface area contributed by atoms with Gasteiger partial charge in [-0.15, -0.1) is 0 Å². The van der Waals surface area contributed by atoms with Gasteiger partial charge < -0.3 is 14.8 Å². The molecule has 0 bridgehead atoms. The van der Waals surface area contributed by atoms with Crippen LogP contribution in [0.1, 0.15) is 57.4 Å². The fourth-order valence-corrected chi connectivity index (χ4v) is 3.71. The van der Waals surface area contributed by atoms with Crippen molar-refractivity contribution < 1.29 is 19.1 Å². The van der Waals surface area contributed by atoms with E-state index in [1.807, 2.05) is 31.2 Å². The lowest BCUT2D eigenvalue weighted by Crippen LogP contribution is -2.35. The number of ether oxygens (including phenoxy) is 2. The van der Waals surface area contributed by atoms with Gasteiger partial charge in [0.05, 0.1) is 12.2 Å². The zero-order chi connectivity index (χ0) is 17.8. The topological polar surface area (TPSA) is 64.6 Å². The monoisotopic (exact) mass is 343 g/mol. The quantitative estimate of drug-likeness (QED) is 0.832. The normalized spacial score (nSPS) is 21.2. The Bertz CT molecular complexity index is 689. The third-order valence-electron chi connectivity index (χ3n) is 4.86. The van der Waals surface area contributed by atoms with Crippen molar-refractivity contribution in [2.24, 2.45) is 0 Å². The fraction of sp³-hybridized carbons (Fsp3) is 0.500. The van der Waals surface area contributed by atoms with Crippen LogP contribution in [0.2, 0.25) is 0 Å². The molecule has 5 heteroatoms. The van der Waals surface area contributed by atoms with E-state index in [-0.39, 0.29) is 30.3 Å². The molecule has 1 saturated carbocycles. The third kappa shape index (κ3) is 3.86. The summed E-state index contributed by atoms with van der Waals surface area (Å²) < 4.78 is 11.4. The summed E-state index contributed by atoms with van der Waals surface area (Å²) >= 11 is 0. The average Bonchev–Trinajstić information content (AvgIpc) is 3.07. The van der Waals surface area contributed by atoms with Crippen molar-refractivity contribution in [3.8, 4) is 5.75 Å². The molecule has 0 aromatic heterocycles. The first-order valence-electron chi connectivity index (χ1n) is 9.03. The molecular weight excluding hydrogens is 318 g/mol. The maximum absolute atomic E-state index is 12.9. The smallest absolute Gasteiger partial charge is 0.336 e. The van der Waals surface area contributed by atoms with E-state index in [1.54, 1.807) is 6.92 Å². The van der Waals surface area contributed by atoms with Crippen LogP contribution in [-0.4, -0.2) is 24.6 Å². The van der Waals surface area contributed by atoms with E-state index in [1.165, 1.54) is 0 Å². The number of nitrogens with one attached hydrogen (secondary N) is 1.